The van der Waals surface area contributed by atoms with Gasteiger partial charge in [-0.05, 0) is 12.1 Å². The lowest BCUT2D eigenvalue weighted by Crippen LogP contribution is -2.46. The quantitative estimate of drug-likeness (QED) is 0.242. The van der Waals surface area contributed by atoms with Gasteiger partial charge in [0.05, 0.1) is 6.21 Å². The number of H-pyrrole nitrogens is 1. The Bertz CT molecular complexity index is 1270. The molecule has 1 aromatic carbocycles. The molecule has 0 saturated carbocycles. The SMILES string of the molecule is Cn1c(=O)c2c([nH]c[n+]2CC(=O)N/N=C/c2ccccc2OCC(=O)O)n(C)c1=O. The number of hydrogen-bond acceptors (Lipinski definition) is 6. The van der Waals surface area contributed by atoms with Crippen LogP contribution in [0, 0.1) is 0 Å². The molecule has 0 unspecified atom stereocenters. The van der Waals surface area contributed by atoms with Gasteiger partial charge in [-0.2, -0.15) is 5.10 Å². The first-order valence-corrected chi connectivity index (χ1v) is 8.71. The van der Waals surface area contributed by atoms with Crippen molar-refractivity contribution in [3.8, 4) is 5.75 Å². The number of carbonyl (C=O) groups excluding carboxylic acids is 1. The third kappa shape index (κ3) is 4.11. The highest BCUT2D eigenvalue weighted by Gasteiger charge is 2.21. The molecule has 0 spiro atoms. The van der Waals surface area contributed by atoms with Crippen LogP contribution in [0.2, 0.25) is 0 Å². The number of aromatic amines is 1. The van der Waals surface area contributed by atoms with Gasteiger partial charge in [-0.15, -0.1) is 0 Å². The van der Waals surface area contributed by atoms with E-state index in [2.05, 4.69) is 15.5 Å². The van der Waals surface area contributed by atoms with E-state index in [-0.39, 0.29) is 12.1 Å². The molecule has 3 rings (SSSR count). The fourth-order valence-corrected chi connectivity index (χ4v) is 2.80. The van der Waals surface area contributed by atoms with E-state index in [1.54, 1.807) is 24.3 Å². The molecule has 0 radical (unpaired) electrons. The van der Waals surface area contributed by atoms with E-state index in [4.69, 9.17) is 9.84 Å². The highest BCUT2D eigenvalue weighted by Crippen LogP contribution is 2.15. The third-order valence-electron chi connectivity index (χ3n) is 4.26. The number of aromatic nitrogens is 4. The minimum Gasteiger partial charge on any atom is -0.481 e. The van der Waals surface area contributed by atoms with Crippen molar-refractivity contribution in [3.05, 3.63) is 57.0 Å². The Morgan fingerprint density at radius 3 is 2.73 bits per heavy atom. The summed E-state index contributed by atoms with van der Waals surface area (Å²) < 4.78 is 8.77. The summed E-state index contributed by atoms with van der Waals surface area (Å²) in [5, 5.41) is 12.6. The average molecular weight is 415 g/mol. The van der Waals surface area contributed by atoms with Crippen LogP contribution in [0.3, 0.4) is 0 Å². The van der Waals surface area contributed by atoms with E-state index in [0.717, 1.165) is 4.57 Å². The molecular weight excluding hydrogens is 396 g/mol. The van der Waals surface area contributed by atoms with Gasteiger partial charge >= 0.3 is 17.2 Å². The van der Waals surface area contributed by atoms with Crippen LogP contribution in [-0.4, -0.2) is 43.9 Å². The van der Waals surface area contributed by atoms with Crippen LogP contribution in [0.5, 0.6) is 5.75 Å². The summed E-state index contributed by atoms with van der Waals surface area (Å²) in [6.07, 6.45) is 2.74. The molecule has 12 heteroatoms. The second-order valence-electron chi connectivity index (χ2n) is 6.32. The number of rotatable bonds is 7. The molecule has 0 aliphatic carbocycles. The predicted octanol–water partition coefficient (Wildman–Crippen LogP) is -1.53. The Labute approximate surface area is 168 Å². The second-order valence-corrected chi connectivity index (χ2v) is 6.32. The molecule has 2 heterocycles. The molecule has 0 fully saturated rings. The number of carbonyl (C=O) groups is 2. The summed E-state index contributed by atoms with van der Waals surface area (Å²) in [6.45, 7) is -0.728. The monoisotopic (exact) mass is 415 g/mol. The number of aryl methyl sites for hydroxylation is 1. The number of ether oxygens (including phenoxy) is 1. The number of nitrogens with zero attached hydrogens (tertiary/aromatic N) is 4. The number of para-hydroxylation sites is 1. The lowest BCUT2D eigenvalue weighted by atomic mass is 10.2. The molecule has 0 saturated heterocycles. The number of imidazole rings is 1. The van der Waals surface area contributed by atoms with Gasteiger partial charge in [0.1, 0.15) is 5.75 Å². The number of hydrazone groups is 1. The predicted molar refractivity (Wildman–Crippen MR) is 104 cm³/mol. The van der Waals surface area contributed by atoms with Crippen LogP contribution in [0.15, 0.2) is 45.3 Å². The maximum absolute atomic E-state index is 12.4. The topological polar surface area (TPSA) is 152 Å². The number of fused-ring (bicyclic) bond motifs is 1. The van der Waals surface area contributed by atoms with Crippen molar-refractivity contribution < 1.29 is 24.0 Å². The molecule has 3 aromatic rings. The van der Waals surface area contributed by atoms with Gasteiger partial charge in [-0.25, -0.2) is 24.6 Å². The molecule has 1 amide bonds. The van der Waals surface area contributed by atoms with Crippen molar-refractivity contribution in [2.45, 2.75) is 6.54 Å². The number of amides is 1. The van der Waals surface area contributed by atoms with E-state index >= 15 is 0 Å². The fourth-order valence-electron chi connectivity index (χ4n) is 2.80. The summed E-state index contributed by atoms with van der Waals surface area (Å²) in [7, 11) is 2.87. The minimum atomic E-state index is -1.12. The summed E-state index contributed by atoms with van der Waals surface area (Å²) in [5.41, 5.74) is 2.26. The molecule has 0 bridgehead atoms. The highest BCUT2D eigenvalue weighted by atomic mass is 16.5. The molecule has 0 aliphatic heterocycles. The zero-order chi connectivity index (χ0) is 21.8. The number of nitrogens with one attached hydrogen (secondary N) is 2. The van der Waals surface area contributed by atoms with Gasteiger partial charge in [0, 0.05) is 19.7 Å². The number of benzene rings is 1. The maximum Gasteiger partial charge on any atom is 0.341 e. The van der Waals surface area contributed by atoms with E-state index < -0.39 is 29.7 Å². The van der Waals surface area contributed by atoms with Gasteiger partial charge in [0.2, 0.25) is 6.33 Å². The van der Waals surface area contributed by atoms with Crippen molar-refractivity contribution in [1.82, 2.24) is 19.5 Å². The van der Waals surface area contributed by atoms with Crippen molar-refractivity contribution in [1.29, 1.82) is 0 Å². The van der Waals surface area contributed by atoms with Crippen molar-refractivity contribution in [3.63, 3.8) is 0 Å². The van der Waals surface area contributed by atoms with E-state index in [1.165, 1.54) is 35.8 Å². The number of aliphatic carboxylic acids is 1. The molecule has 0 aliphatic rings. The van der Waals surface area contributed by atoms with Gasteiger partial charge < -0.3 is 9.84 Å². The molecule has 3 N–H and O–H groups in total. The van der Waals surface area contributed by atoms with Gasteiger partial charge in [-0.3, -0.25) is 18.7 Å². The Kier molecular flexibility index (Phi) is 5.76. The molecule has 12 nitrogen and oxygen atoms in total. The Morgan fingerprint density at radius 1 is 1.27 bits per heavy atom. The normalized spacial score (nSPS) is 11.1. The highest BCUT2D eigenvalue weighted by molar-refractivity contribution is 5.85. The van der Waals surface area contributed by atoms with Crippen LogP contribution in [0.4, 0.5) is 0 Å². The molecule has 0 atom stereocenters. The Balaban J connectivity index is 1.74. The van der Waals surface area contributed by atoms with Crippen LogP contribution in [-0.2, 0) is 30.2 Å². The second kappa shape index (κ2) is 8.43. The Morgan fingerprint density at radius 2 is 2.00 bits per heavy atom. The first kappa shape index (κ1) is 20.5. The lowest BCUT2D eigenvalue weighted by Gasteiger charge is -2.06. The molecule has 156 valence electrons. The third-order valence-corrected chi connectivity index (χ3v) is 4.26. The van der Waals surface area contributed by atoms with Crippen molar-refractivity contribution in [2.24, 2.45) is 19.2 Å². The molecule has 30 heavy (non-hydrogen) atoms. The largest absolute Gasteiger partial charge is 0.481 e. The average Bonchev–Trinajstić information content (AvgIpc) is 3.13. The summed E-state index contributed by atoms with van der Waals surface area (Å²) >= 11 is 0. The Hall–Kier alpha value is -4.22. The number of hydrogen-bond donors (Lipinski definition) is 3. The van der Waals surface area contributed by atoms with Crippen LogP contribution >= 0.6 is 0 Å². The molecular formula is C18H19N6O6+. The van der Waals surface area contributed by atoms with Crippen LogP contribution in [0.1, 0.15) is 5.56 Å². The molecule has 2 aromatic heterocycles. The van der Waals surface area contributed by atoms with E-state index in [1.807, 2.05) is 0 Å². The number of carboxylic acid groups (broad SMARTS) is 1. The zero-order valence-electron chi connectivity index (χ0n) is 16.2. The first-order chi connectivity index (χ1) is 14.3. The number of carboxylic acids is 1. The van der Waals surface area contributed by atoms with Crippen LogP contribution in [0.25, 0.3) is 11.2 Å². The van der Waals surface area contributed by atoms with E-state index in [0.29, 0.717) is 17.0 Å². The van der Waals surface area contributed by atoms with Gasteiger partial charge in [0.25, 0.3) is 17.1 Å². The zero-order valence-corrected chi connectivity index (χ0v) is 16.2. The van der Waals surface area contributed by atoms with Gasteiger partial charge in [0.15, 0.2) is 13.2 Å². The minimum absolute atomic E-state index is 0.172. The van der Waals surface area contributed by atoms with Gasteiger partial charge in [-0.1, -0.05) is 12.1 Å². The first-order valence-electron chi connectivity index (χ1n) is 8.71. The van der Waals surface area contributed by atoms with Crippen molar-refractivity contribution >= 4 is 29.3 Å². The fraction of sp³-hybridized carbons (Fsp3) is 0.222. The summed E-state index contributed by atoms with van der Waals surface area (Å²) in [4.78, 5) is 50.1. The smallest absolute Gasteiger partial charge is 0.341 e. The summed E-state index contributed by atoms with van der Waals surface area (Å²) in [5.74, 6) is -1.33. The van der Waals surface area contributed by atoms with E-state index in [9.17, 15) is 19.2 Å². The lowest BCUT2D eigenvalue weighted by molar-refractivity contribution is -0.659. The van der Waals surface area contributed by atoms with Crippen LogP contribution < -0.4 is 26.0 Å². The maximum atomic E-state index is 12.4. The standard InChI is InChI=1S/C18H18N6O6/c1-22-16-15(17(28)23(2)18(22)29)24(10-19-16)8-13(25)21-20-7-11-5-3-4-6-12(11)30-9-14(26)27/h3-7,10H,8-9H2,1-2H3,(H2,21,25,26,27)/p+1/b20-7+. The summed E-state index contributed by atoms with van der Waals surface area (Å²) in [6, 6.07) is 6.60. The van der Waals surface area contributed by atoms with Crippen molar-refractivity contribution in [2.75, 3.05) is 6.61 Å².